The van der Waals surface area contributed by atoms with E-state index in [0.717, 1.165) is 6.07 Å². The average molecular weight is 345 g/mol. The molecule has 0 unspecified atom stereocenters. The average Bonchev–Trinajstić information content (AvgIpc) is 2.28. The molecule has 0 aliphatic heterocycles. The smallest absolute Gasteiger partial charge is 0.405 e. The first-order chi connectivity index (χ1) is 8.69. The molecule has 0 aromatic heterocycles. The van der Waals surface area contributed by atoms with Crippen LogP contribution in [0.5, 0.6) is 5.75 Å². The Balaban J connectivity index is 2.53. The minimum absolute atomic E-state index is 0.0527. The summed E-state index contributed by atoms with van der Waals surface area (Å²) in [5.74, 6) is -1.78. The first-order valence-electron chi connectivity index (χ1n) is 4.90. The third kappa shape index (κ3) is 5.33. The van der Waals surface area contributed by atoms with Gasteiger partial charge in [0.1, 0.15) is 18.1 Å². The van der Waals surface area contributed by atoms with E-state index in [1.165, 1.54) is 6.07 Å². The fraction of sp³-hybridized carbons (Fsp3) is 0.300. The molecule has 3 N–H and O–H groups in total. The maximum atomic E-state index is 13.2. The molecule has 106 valence electrons. The van der Waals surface area contributed by atoms with Crippen molar-refractivity contribution in [3.63, 3.8) is 0 Å². The van der Waals surface area contributed by atoms with Gasteiger partial charge in [0.25, 0.3) is 5.91 Å². The second-order valence-corrected chi connectivity index (χ2v) is 4.34. The zero-order valence-electron chi connectivity index (χ0n) is 9.35. The van der Waals surface area contributed by atoms with Crippen molar-refractivity contribution in [2.75, 3.05) is 18.9 Å². The number of anilines is 1. The molecule has 0 radical (unpaired) electrons. The molecule has 0 saturated heterocycles. The van der Waals surface area contributed by atoms with E-state index >= 15 is 0 Å². The normalized spacial score (nSPS) is 11.2. The third-order valence-corrected chi connectivity index (χ3v) is 2.51. The van der Waals surface area contributed by atoms with Crippen LogP contribution in [0.1, 0.15) is 0 Å². The minimum atomic E-state index is -4.50. The molecule has 1 aromatic rings. The maximum Gasteiger partial charge on any atom is 0.405 e. The molecule has 19 heavy (non-hydrogen) atoms. The summed E-state index contributed by atoms with van der Waals surface area (Å²) < 4.78 is 53.5. The molecule has 9 heteroatoms. The Kier molecular flexibility index (Phi) is 4.98. The molecule has 0 atom stereocenters. The second-order valence-electron chi connectivity index (χ2n) is 3.48. The molecule has 0 heterocycles. The summed E-state index contributed by atoms with van der Waals surface area (Å²) in [6.45, 7) is -2.15. The van der Waals surface area contributed by atoms with Gasteiger partial charge in [-0.25, -0.2) is 4.39 Å². The van der Waals surface area contributed by atoms with Crippen molar-refractivity contribution in [2.24, 2.45) is 0 Å². The van der Waals surface area contributed by atoms with Gasteiger partial charge in [-0.3, -0.25) is 4.79 Å². The molecule has 0 fully saturated rings. The Hall–Kier alpha value is -1.51. The van der Waals surface area contributed by atoms with Crippen LogP contribution in [0.2, 0.25) is 0 Å². The van der Waals surface area contributed by atoms with Gasteiger partial charge in [-0.15, -0.1) is 0 Å². The molecule has 1 aromatic carbocycles. The molecule has 0 aliphatic carbocycles. The molecule has 1 rings (SSSR count). The largest absolute Gasteiger partial charge is 0.482 e. The van der Waals surface area contributed by atoms with Crippen molar-refractivity contribution in [1.82, 2.24) is 5.32 Å². The summed E-state index contributed by atoms with van der Waals surface area (Å²) in [6, 6.07) is 2.15. The Labute approximate surface area is 114 Å². The number of nitrogens with two attached hydrogens (primary N) is 1. The van der Waals surface area contributed by atoms with Crippen molar-refractivity contribution in [3.8, 4) is 5.75 Å². The highest BCUT2D eigenvalue weighted by molar-refractivity contribution is 9.10. The molecule has 1 amide bonds. The van der Waals surface area contributed by atoms with Crippen molar-refractivity contribution >= 4 is 27.5 Å². The molecule has 0 saturated carbocycles. The molecular formula is C10H9BrF4N2O2. The summed E-state index contributed by atoms with van der Waals surface area (Å²) in [4.78, 5) is 11.0. The number of hydrogen-bond acceptors (Lipinski definition) is 3. The first-order valence-corrected chi connectivity index (χ1v) is 5.69. The lowest BCUT2D eigenvalue weighted by Gasteiger charge is -2.11. The van der Waals surface area contributed by atoms with E-state index in [2.05, 4.69) is 15.9 Å². The Morgan fingerprint density at radius 2 is 2.05 bits per heavy atom. The highest BCUT2D eigenvalue weighted by atomic mass is 79.9. The SMILES string of the molecule is Nc1cc(Br)c(F)cc1OCC(=O)NCC(F)(F)F. The van der Waals surface area contributed by atoms with Gasteiger partial charge in [0.05, 0.1) is 10.2 Å². The Bertz CT molecular complexity index is 479. The van der Waals surface area contributed by atoms with E-state index in [-0.39, 0.29) is 15.9 Å². The Morgan fingerprint density at radius 1 is 1.42 bits per heavy atom. The zero-order valence-corrected chi connectivity index (χ0v) is 10.9. The van der Waals surface area contributed by atoms with Crippen LogP contribution < -0.4 is 15.8 Å². The number of ether oxygens (including phenoxy) is 1. The van der Waals surface area contributed by atoms with Gasteiger partial charge in [-0.05, 0) is 22.0 Å². The van der Waals surface area contributed by atoms with E-state index in [1.807, 2.05) is 0 Å². The molecule has 0 aliphatic rings. The molecular weight excluding hydrogens is 336 g/mol. The van der Waals surface area contributed by atoms with E-state index in [1.54, 1.807) is 5.32 Å². The fourth-order valence-electron chi connectivity index (χ4n) is 1.06. The molecule has 0 bridgehead atoms. The number of rotatable bonds is 4. The minimum Gasteiger partial charge on any atom is -0.482 e. The van der Waals surface area contributed by atoms with Crippen LogP contribution in [0.25, 0.3) is 0 Å². The van der Waals surface area contributed by atoms with Crippen LogP contribution >= 0.6 is 15.9 Å². The van der Waals surface area contributed by atoms with Crippen LogP contribution in [0.4, 0.5) is 23.2 Å². The van der Waals surface area contributed by atoms with Gasteiger partial charge in [-0.2, -0.15) is 13.2 Å². The topological polar surface area (TPSA) is 64.3 Å². The predicted octanol–water partition coefficient (Wildman–Crippen LogP) is 2.23. The third-order valence-electron chi connectivity index (χ3n) is 1.90. The number of benzene rings is 1. The zero-order chi connectivity index (χ0) is 14.6. The highest BCUT2D eigenvalue weighted by Gasteiger charge is 2.27. The maximum absolute atomic E-state index is 13.2. The van der Waals surface area contributed by atoms with Gasteiger partial charge in [0.2, 0.25) is 0 Å². The van der Waals surface area contributed by atoms with Crippen LogP contribution in [0, 0.1) is 5.82 Å². The summed E-state index contributed by atoms with van der Waals surface area (Å²) in [5, 5.41) is 1.61. The van der Waals surface area contributed by atoms with Crippen LogP contribution in [-0.4, -0.2) is 25.2 Å². The number of hydrogen-bond donors (Lipinski definition) is 2. The lowest BCUT2D eigenvalue weighted by molar-refractivity contribution is -0.139. The number of halogens is 5. The van der Waals surface area contributed by atoms with E-state index in [4.69, 9.17) is 10.5 Å². The standard InChI is InChI=1S/C10H9BrF4N2O2/c11-5-1-7(16)8(2-6(5)12)19-3-9(18)17-4-10(13,14)15/h1-2H,3-4,16H2,(H,17,18). The quantitative estimate of drug-likeness (QED) is 0.650. The van der Waals surface area contributed by atoms with Gasteiger partial charge in [-0.1, -0.05) is 0 Å². The number of amides is 1. The van der Waals surface area contributed by atoms with Gasteiger partial charge < -0.3 is 15.8 Å². The fourth-order valence-corrected chi connectivity index (χ4v) is 1.42. The van der Waals surface area contributed by atoms with Crippen molar-refractivity contribution < 1.29 is 27.1 Å². The van der Waals surface area contributed by atoms with Gasteiger partial charge in [0.15, 0.2) is 6.61 Å². The summed E-state index contributed by atoms with van der Waals surface area (Å²) in [7, 11) is 0. The molecule has 4 nitrogen and oxygen atoms in total. The van der Waals surface area contributed by atoms with E-state index < -0.39 is 31.1 Å². The number of nitrogen functional groups attached to an aromatic ring is 1. The van der Waals surface area contributed by atoms with Crippen molar-refractivity contribution in [1.29, 1.82) is 0 Å². The lowest BCUT2D eigenvalue weighted by atomic mass is 10.3. The van der Waals surface area contributed by atoms with Gasteiger partial charge >= 0.3 is 6.18 Å². The van der Waals surface area contributed by atoms with Gasteiger partial charge in [0, 0.05) is 6.07 Å². The summed E-state index contributed by atoms with van der Waals surface area (Å²) in [5.41, 5.74) is 5.54. The van der Waals surface area contributed by atoms with Crippen molar-refractivity contribution in [2.45, 2.75) is 6.18 Å². The number of nitrogens with one attached hydrogen (secondary N) is 1. The van der Waals surface area contributed by atoms with Crippen LogP contribution in [-0.2, 0) is 4.79 Å². The number of alkyl halides is 3. The van der Waals surface area contributed by atoms with E-state index in [9.17, 15) is 22.4 Å². The van der Waals surface area contributed by atoms with Crippen molar-refractivity contribution in [3.05, 3.63) is 22.4 Å². The van der Waals surface area contributed by atoms with Crippen LogP contribution in [0.15, 0.2) is 16.6 Å². The predicted molar refractivity (Wildman–Crippen MR) is 63.1 cm³/mol. The summed E-state index contributed by atoms with van der Waals surface area (Å²) in [6.07, 6.45) is -4.50. The Morgan fingerprint density at radius 3 is 2.63 bits per heavy atom. The lowest BCUT2D eigenvalue weighted by Crippen LogP contribution is -2.36. The monoisotopic (exact) mass is 344 g/mol. The van der Waals surface area contributed by atoms with E-state index in [0.29, 0.717) is 0 Å². The first kappa shape index (κ1) is 15.5. The van der Waals surface area contributed by atoms with Crippen LogP contribution in [0.3, 0.4) is 0 Å². The highest BCUT2D eigenvalue weighted by Crippen LogP contribution is 2.28. The summed E-state index contributed by atoms with van der Waals surface area (Å²) >= 11 is 2.89. The molecule has 0 spiro atoms. The number of carbonyl (C=O) groups excluding carboxylic acids is 1. The second kappa shape index (κ2) is 6.09. The number of carbonyl (C=O) groups is 1.